The van der Waals surface area contributed by atoms with E-state index in [0.717, 1.165) is 42.9 Å². The molecule has 3 aromatic rings. The third-order valence-corrected chi connectivity index (χ3v) is 9.35. The van der Waals surface area contributed by atoms with Gasteiger partial charge in [-0.25, -0.2) is 14.3 Å². The van der Waals surface area contributed by atoms with Crippen molar-refractivity contribution >= 4 is 17.4 Å². The van der Waals surface area contributed by atoms with Crippen LogP contribution in [0.1, 0.15) is 18.4 Å². The zero-order valence-corrected chi connectivity index (χ0v) is 24.9. The van der Waals surface area contributed by atoms with Gasteiger partial charge in [-0.15, -0.1) is 0 Å². The molecule has 5 saturated heterocycles. The van der Waals surface area contributed by atoms with Crippen LogP contribution in [-0.4, -0.2) is 126 Å². The van der Waals surface area contributed by atoms with Gasteiger partial charge in [-0.05, 0) is 31.0 Å². The number of aromatic nitrogens is 3. The number of aliphatic hydroxyl groups excluding tert-OH is 1. The molecule has 13 heteroatoms. The van der Waals surface area contributed by atoms with Gasteiger partial charge < -0.3 is 38.8 Å². The van der Waals surface area contributed by atoms with Crippen molar-refractivity contribution in [3.63, 3.8) is 0 Å². The summed E-state index contributed by atoms with van der Waals surface area (Å²) >= 11 is 0. The van der Waals surface area contributed by atoms with Crippen LogP contribution in [0.5, 0.6) is 5.75 Å². The molecule has 6 atom stereocenters. The number of amides is 2. The summed E-state index contributed by atoms with van der Waals surface area (Å²) in [5.74, 6) is 1.65. The number of carbonyl (C=O) groups excluding carboxylic acids is 1. The molecule has 232 valence electrons. The third kappa shape index (κ3) is 5.11. The number of pyridine rings is 2. The summed E-state index contributed by atoms with van der Waals surface area (Å²) in [4.78, 5) is 23.7. The topological polar surface area (TPSA) is 138 Å². The Balaban J connectivity index is 1.04. The van der Waals surface area contributed by atoms with E-state index in [9.17, 15) is 15.2 Å². The van der Waals surface area contributed by atoms with Crippen LogP contribution in [0.3, 0.4) is 0 Å². The van der Waals surface area contributed by atoms with Crippen LogP contribution < -0.4 is 9.64 Å². The summed E-state index contributed by atoms with van der Waals surface area (Å²) in [5.41, 5.74) is 2.82. The molecular weight excluding hydrogens is 566 g/mol. The minimum absolute atomic E-state index is 0.0536. The van der Waals surface area contributed by atoms with Gasteiger partial charge in [0.2, 0.25) is 0 Å². The minimum atomic E-state index is -0.567. The molecule has 0 radical (unpaired) electrons. The summed E-state index contributed by atoms with van der Waals surface area (Å²) in [6.07, 6.45) is 5.98. The average Bonchev–Trinajstić information content (AvgIpc) is 3.76. The maximum Gasteiger partial charge on any atom is 0.320 e. The molecular formula is C31H37N7O6. The summed E-state index contributed by atoms with van der Waals surface area (Å²) in [7, 11) is 3.46. The lowest BCUT2D eigenvalue weighted by Gasteiger charge is -2.57. The number of carbonyl (C=O) groups is 1. The Bertz CT molecular complexity index is 1550. The lowest BCUT2D eigenvalue weighted by atomic mass is 9.87. The number of nitrogens with zero attached hydrogens (tertiary/aromatic N) is 7. The number of ether oxygens (including phenoxy) is 4. The van der Waals surface area contributed by atoms with E-state index in [1.807, 2.05) is 36.3 Å². The summed E-state index contributed by atoms with van der Waals surface area (Å²) in [5, 5.41) is 24.2. The largest absolute Gasteiger partial charge is 0.492 e. The van der Waals surface area contributed by atoms with E-state index < -0.39 is 6.10 Å². The van der Waals surface area contributed by atoms with Gasteiger partial charge in [0.05, 0.1) is 68.1 Å². The van der Waals surface area contributed by atoms with Gasteiger partial charge in [0.15, 0.2) is 0 Å². The van der Waals surface area contributed by atoms with Crippen molar-refractivity contribution in [2.45, 2.75) is 43.2 Å². The Labute approximate surface area is 255 Å². The van der Waals surface area contributed by atoms with Crippen molar-refractivity contribution in [1.82, 2.24) is 24.4 Å². The number of likely N-dealkylation sites (N-methyl/N-ethyl adjacent to an activating group) is 1. The van der Waals surface area contributed by atoms with Gasteiger partial charge in [-0.2, -0.15) is 10.4 Å². The van der Waals surface area contributed by atoms with Crippen LogP contribution in [0.25, 0.3) is 16.6 Å². The second kappa shape index (κ2) is 11.9. The normalized spacial score (nSPS) is 27.2. The summed E-state index contributed by atoms with van der Waals surface area (Å²) in [6, 6.07) is 8.56. The predicted molar refractivity (Wildman–Crippen MR) is 158 cm³/mol. The molecule has 5 aliphatic heterocycles. The highest BCUT2D eigenvalue weighted by atomic mass is 16.6. The first-order chi connectivity index (χ1) is 21.4. The monoisotopic (exact) mass is 603 g/mol. The van der Waals surface area contributed by atoms with E-state index in [0.29, 0.717) is 49.8 Å². The number of rotatable bonds is 9. The zero-order valence-electron chi connectivity index (χ0n) is 24.9. The molecule has 5 fully saturated rings. The molecule has 5 aliphatic rings. The number of urea groups is 1. The molecule has 8 heterocycles. The summed E-state index contributed by atoms with van der Waals surface area (Å²) in [6.45, 7) is 3.86. The molecule has 44 heavy (non-hydrogen) atoms. The number of fused-ring (bicyclic) bond motifs is 4. The van der Waals surface area contributed by atoms with E-state index in [1.54, 1.807) is 28.9 Å². The van der Waals surface area contributed by atoms with Crippen molar-refractivity contribution in [3.05, 3.63) is 42.4 Å². The number of hydrogen-bond acceptors (Lipinski definition) is 10. The molecule has 2 bridgehead atoms. The highest BCUT2D eigenvalue weighted by Gasteiger charge is 2.48. The average molecular weight is 604 g/mol. The van der Waals surface area contributed by atoms with Gasteiger partial charge in [0, 0.05) is 57.0 Å². The molecule has 0 spiro atoms. The number of methoxy groups -OCH3 is 1. The Kier molecular flexibility index (Phi) is 7.75. The van der Waals surface area contributed by atoms with E-state index >= 15 is 0 Å². The number of anilines is 1. The second-order valence-corrected chi connectivity index (χ2v) is 12.1. The zero-order chi connectivity index (χ0) is 30.4. The van der Waals surface area contributed by atoms with Crippen molar-refractivity contribution in [2.24, 2.45) is 5.92 Å². The van der Waals surface area contributed by atoms with E-state index in [2.05, 4.69) is 16.1 Å². The highest BCUT2D eigenvalue weighted by Crippen LogP contribution is 2.37. The first kappa shape index (κ1) is 28.8. The van der Waals surface area contributed by atoms with E-state index in [4.69, 9.17) is 23.9 Å². The Morgan fingerprint density at radius 3 is 2.75 bits per heavy atom. The predicted octanol–water partition coefficient (Wildman–Crippen LogP) is 1.77. The smallest absolute Gasteiger partial charge is 0.320 e. The maximum absolute atomic E-state index is 12.9. The van der Waals surface area contributed by atoms with Crippen LogP contribution in [0.15, 0.2) is 36.8 Å². The van der Waals surface area contributed by atoms with Crippen LogP contribution in [0, 0.1) is 17.2 Å². The van der Waals surface area contributed by atoms with E-state index in [1.165, 1.54) is 0 Å². The molecule has 1 N–H and O–H groups in total. The molecule has 3 aromatic heterocycles. The quantitative estimate of drug-likeness (QED) is 0.385. The molecule has 2 amide bonds. The number of piperazine rings is 1. The SMILES string of the molecule is COCCN(C)C(=O)N1C2CC1CN(c1ccc(-c3cc(OCCC4COC5C(O)COC45)cn4ncc(C#N)c34)cn1)C2. The molecule has 13 nitrogen and oxygen atoms in total. The Morgan fingerprint density at radius 2 is 2.00 bits per heavy atom. The van der Waals surface area contributed by atoms with Crippen molar-refractivity contribution < 1.29 is 28.8 Å². The Hall–Kier alpha value is -3.96. The van der Waals surface area contributed by atoms with E-state index in [-0.39, 0.29) is 36.2 Å². The highest BCUT2D eigenvalue weighted by molar-refractivity contribution is 5.85. The number of nitriles is 1. The van der Waals surface area contributed by atoms with Gasteiger partial charge in [-0.1, -0.05) is 0 Å². The molecule has 0 saturated carbocycles. The number of hydrogen-bond donors (Lipinski definition) is 1. The second-order valence-electron chi connectivity index (χ2n) is 12.1. The fourth-order valence-corrected chi connectivity index (χ4v) is 6.97. The van der Waals surface area contributed by atoms with Gasteiger partial charge in [0.1, 0.15) is 29.8 Å². The fraction of sp³-hybridized carbons (Fsp3) is 0.548. The first-order valence-corrected chi connectivity index (χ1v) is 15.1. The van der Waals surface area contributed by atoms with Crippen LogP contribution in [0.4, 0.5) is 10.6 Å². The Morgan fingerprint density at radius 1 is 1.18 bits per heavy atom. The molecule has 0 aromatic carbocycles. The molecule has 0 aliphatic carbocycles. The standard InChI is InChI=1S/C31H37N7O6/c1-35(6-8-41-2)31(40)38-22-9-23(38)15-36(14-22)27-4-3-19(12-33-27)25-10-24(16-37-28(25)21(11-32)13-34-37)42-7-5-20-17-43-30-26(39)18-44-29(20)30/h3-4,10,12-13,16,20,22-23,26,29-30,39H,5-9,14-15,17-18H2,1-2H3. The minimum Gasteiger partial charge on any atom is -0.492 e. The summed E-state index contributed by atoms with van der Waals surface area (Å²) < 4.78 is 24.5. The number of piperidine rings is 1. The lowest BCUT2D eigenvalue weighted by molar-refractivity contribution is 0.0163. The van der Waals surface area contributed by atoms with Crippen LogP contribution in [-0.2, 0) is 14.2 Å². The third-order valence-electron chi connectivity index (χ3n) is 9.35. The van der Waals surface area contributed by atoms with Gasteiger partial charge in [-0.3, -0.25) is 0 Å². The molecule has 6 unspecified atom stereocenters. The van der Waals surface area contributed by atoms with Gasteiger partial charge >= 0.3 is 6.03 Å². The lowest BCUT2D eigenvalue weighted by Crippen LogP contribution is -2.71. The maximum atomic E-state index is 12.9. The number of aliphatic hydroxyl groups is 1. The van der Waals surface area contributed by atoms with Crippen molar-refractivity contribution in [3.8, 4) is 22.9 Å². The van der Waals surface area contributed by atoms with Crippen LogP contribution in [0.2, 0.25) is 0 Å². The first-order valence-electron chi connectivity index (χ1n) is 15.1. The van der Waals surface area contributed by atoms with Gasteiger partial charge in [0.25, 0.3) is 0 Å². The van der Waals surface area contributed by atoms with Crippen molar-refractivity contribution in [1.29, 1.82) is 5.26 Å². The fourth-order valence-electron chi connectivity index (χ4n) is 6.97. The van der Waals surface area contributed by atoms with Crippen LogP contribution >= 0.6 is 0 Å². The van der Waals surface area contributed by atoms with Crippen molar-refractivity contribution in [2.75, 3.05) is 65.1 Å². The molecule has 8 rings (SSSR count).